The second-order valence-electron chi connectivity index (χ2n) is 12.5. The number of ether oxygens (including phenoxy) is 3. The molecule has 0 unspecified atom stereocenters. The summed E-state index contributed by atoms with van der Waals surface area (Å²) in [5, 5.41) is 9.32. The van der Waals surface area contributed by atoms with Gasteiger partial charge in [-0.1, -0.05) is 18.6 Å². The Labute approximate surface area is 271 Å². The first-order valence-corrected chi connectivity index (χ1v) is 16.2. The van der Waals surface area contributed by atoms with E-state index in [1.54, 1.807) is 12.1 Å². The molecule has 2 aromatic carbocycles. The van der Waals surface area contributed by atoms with Crippen LogP contribution < -0.4 is 20.1 Å². The Hall–Kier alpha value is -4.10. The molecule has 0 bridgehead atoms. The van der Waals surface area contributed by atoms with Crippen molar-refractivity contribution in [3.05, 3.63) is 59.2 Å². The van der Waals surface area contributed by atoms with Crippen molar-refractivity contribution in [1.29, 1.82) is 0 Å². The first-order valence-electron chi connectivity index (χ1n) is 16.2. The molecule has 1 aromatic heterocycles. The molecular weight excluding hydrogens is 615 g/mol. The number of anilines is 2. The third-order valence-electron chi connectivity index (χ3n) is 9.25. The average Bonchev–Trinajstić information content (AvgIpc) is 3.05. The molecule has 2 atom stereocenters. The number of alkyl halides is 3. The van der Waals surface area contributed by atoms with Gasteiger partial charge >= 0.3 is 12.3 Å². The summed E-state index contributed by atoms with van der Waals surface area (Å²) in [6.45, 7) is 5.68. The van der Waals surface area contributed by atoms with Crippen LogP contribution in [0.15, 0.2) is 42.5 Å². The lowest BCUT2D eigenvalue weighted by Crippen LogP contribution is -2.48. The van der Waals surface area contributed by atoms with Crippen LogP contribution in [0.4, 0.5) is 24.9 Å². The van der Waals surface area contributed by atoms with Crippen molar-refractivity contribution in [2.75, 3.05) is 56.6 Å². The molecule has 1 aliphatic heterocycles. The number of nitrogen functional groups attached to an aromatic ring is 1. The highest BCUT2D eigenvalue weighted by Crippen LogP contribution is 2.39. The number of fused-ring (bicyclic) bond motifs is 3. The number of nitrogens with zero attached hydrogens (tertiary/aromatic N) is 4. The third-order valence-corrected chi connectivity index (χ3v) is 9.25. The van der Waals surface area contributed by atoms with Gasteiger partial charge in [-0.15, -0.1) is 13.2 Å². The van der Waals surface area contributed by atoms with Crippen molar-refractivity contribution < 1.29 is 37.3 Å². The molecular formula is C34H40F3N5O5. The summed E-state index contributed by atoms with van der Waals surface area (Å²) in [6.07, 6.45) is 0.307. The highest BCUT2D eigenvalue weighted by molar-refractivity contribution is 5.76. The SMILES string of the molecule is Nc1nc2c(c(N3CCN(CCOC[C@@H]4CCC[C@H](C(=O)O)C4)CC3)n1)CCc1cc(OCc3ccc(OC(F)(F)F)cc3)ccc1-2. The van der Waals surface area contributed by atoms with Crippen molar-refractivity contribution in [3.63, 3.8) is 0 Å². The zero-order chi connectivity index (χ0) is 33.0. The molecule has 1 saturated carbocycles. The van der Waals surface area contributed by atoms with Crippen molar-refractivity contribution in [3.8, 4) is 22.8 Å². The van der Waals surface area contributed by atoms with Crippen LogP contribution in [0.3, 0.4) is 0 Å². The lowest BCUT2D eigenvalue weighted by Gasteiger charge is -2.37. The van der Waals surface area contributed by atoms with E-state index < -0.39 is 12.3 Å². The Morgan fingerprint density at radius 1 is 1.00 bits per heavy atom. The van der Waals surface area contributed by atoms with Gasteiger partial charge in [-0.3, -0.25) is 9.69 Å². The van der Waals surface area contributed by atoms with Gasteiger partial charge in [0.05, 0.1) is 18.2 Å². The fourth-order valence-corrected chi connectivity index (χ4v) is 6.81. The molecule has 3 aromatic rings. The third kappa shape index (κ3) is 8.44. The smallest absolute Gasteiger partial charge is 0.489 e. The number of carboxylic acid groups (broad SMARTS) is 1. The minimum absolute atomic E-state index is 0.201. The molecule has 47 heavy (non-hydrogen) atoms. The first-order chi connectivity index (χ1) is 22.6. The predicted molar refractivity (Wildman–Crippen MR) is 169 cm³/mol. The molecule has 2 fully saturated rings. The molecule has 0 amide bonds. The Kier molecular flexibility index (Phi) is 10.0. The zero-order valence-electron chi connectivity index (χ0n) is 26.2. The monoisotopic (exact) mass is 655 g/mol. The van der Waals surface area contributed by atoms with E-state index in [1.165, 1.54) is 12.1 Å². The van der Waals surface area contributed by atoms with E-state index in [9.17, 15) is 23.1 Å². The summed E-state index contributed by atoms with van der Waals surface area (Å²) in [5.41, 5.74) is 10.9. The lowest BCUT2D eigenvalue weighted by molar-refractivity contribution is -0.274. The summed E-state index contributed by atoms with van der Waals surface area (Å²) in [5.74, 6) is 0.917. The number of piperazine rings is 1. The van der Waals surface area contributed by atoms with Gasteiger partial charge in [0.15, 0.2) is 0 Å². The second-order valence-corrected chi connectivity index (χ2v) is 12.5. The summed E-state index contributed by atoms with van der Waals surface area (Å²) in [4.78, 5) is 25.3. The van der Waals surface area contributed by atoms with E-state index in [2.05, 4.69) is 24.5 Å². The van der Waals surface area contributed by atoms with Crippen molar-refractivity contribution in [1.82, 2.24) is 14.9 Å². The number of aromatic nitrogens is 2. The normalized spacial score (nSPS) is 19.9. The van der Waals surface area contributed by atoms with Crippen LogP contribution >= 0.6 is 0 Å². The Morgan fingerprint density at radius 2 is 1.77 bits per heavy atom. The number of benzene rings is 2. The summed E-state index contributed by atoms with van der Waals surface area (Å²) in [6, 6.07) is 11.5. The van der Waals surface area contributed by atoms with E-state index >= 15 is 0 Å². The maximum Gasteiger partial charge on any atom is 0.573 e. The van der Waals surface area contributed by atoms with Gasteiger partial charge in [0.25, 0.3) is 0 Å². The molecule has 10 nitrogen and oxygen atoms in total. The highest BCUT2D eigenvalue weighted by Gasteiger charge is 2.31. The lowest BCUT2D eigenvalue weighted by atomic mass is 9.82. The van der Waals surface area contributed by atoms with Crippen LogP contribution in [-0.4, -0.2) is 78.2 Å². The molecule has 0 radical (unpaired) electrons. The van der Waals surface area contributed by atoms with Crippen LogP contribution in [0.2, 0.25) is 0 Å². The summed E-state index contributed by atoms with van der Waals surface area (Å²) >= 11 is 0. The molecule has 3 N–H and O–H groups in total. The van der Waals surface area contributed by atoms with Crippen molar-refractivity contribution >= 4 is 17.7 Å². The first kappa shape index (κ1) is 32.8. The topological polar surface area (TPSA) is 123 Å². The minimum atomic E-state index is -4.73. The van der Waals surface area contributed by atoms with Gasteiger partial charge in [-0.05, 0) is 79.5 Å². The molecule has 2 aliphatic carbocycles. The Balaban J connectivity index is 1.02. The zero-order valence-corrected chi connectivity index (χ0v) is 26.2. The van der Waals surface area contributed by atoms with Crippen molar-refractivity contribution in [2.45, 2.75) is 51.5 Å². The average molecular weight is 656 g/mol. The van der Waals surface area contributed by atoms with Gasteiger partial charge in [0.1, 0.15) is 23.9 Å². The number of nitrogens with two attached hydrogens (primary N) is 1. The van der Waals surface area contributed by atoms with Gasteiger partial charge in [0.2, 0.25) is 5.95 Å². The standard InChI is InChI=1S/C34H40F3N5O5/c35-34(36,37)47-26-7-4-22(5-8-26)21-46-27-9-11-28-24(19-27)6-10-29-30(28)39-33(38)40-31(29)42-14-12-41(13-15-42)16-17-45-20-23-2-1-3-25(18-23)32(43)44/h4-5,7-9,11,19,23,25H,1-3,6,10,12-18,20-21H2,(H,43,44)(H2,38,39,40)/t23-,25+/m1/s1. The van der Waals surface area contributed by atoms with Crippen molar-refractivity contribution in [2.24, 2.45) is 11.8 Å². The van der Waals surface area contributed by atoms with Gasteiger partial charge < -0.3 is 30.0 Å². The molecule has 13 heteroatoms. The van der Waals surface area contributed by atoms with Gasteiger partial charge in [-0.2, -0.15) is 4.98 Å². The number of aryl methyl sites for hydroxylation is 1. The van der Waals surface area contributed by atoms with Crippen LogP contribution in [-0.2, 0) is 29.0 Å². The quantitative estimate of drug-likeness (QED) is 0.262. The van der Waals surface area contributed by atoms with E-state index in [-0.39, 0.29) is 24.2 Å². The van der Waals surface area contributed by atoms with Gasteiger partial charge in [0, 0.05) is 50.5 Å². The van der Waals surface area contributed by atoms with Gasteiger partial charge in [-0.25, -0.2) is 4.98 Å². The molecule has 0 spiro atoms. The largest absolute Gasteiger partial charge is 0.573 e. The maximum absolute atomic E-state index is 12.4. The van der Waals surface area contributed by atoms with E-state index in [0.29, 0.717) is 31.3 Å². The number of halogens is 3. The second kappa shape index (κ2) is 14.3. The molecule has 1 saturated heterocycles. The molecule has 6 rings (SSSR count). The summed E-state index contributed by atoms with van der Waals surface area (Å²) in [7, 11) is 0. The van der Waals surface area contributed by atoms with E-state index in [0.717, 1.165) is 98.6 Å². The van der Waals surface area contributed by atoms with E-state index in [4.69, 9.17) is 15.2 Å². The van der Waals surface area contributed by atoms with Crippen LogP contribution in [0.5, 0.6) is 11.5 Å². The number of rotatable bonds is 11. The highest BCUT2D eigenvalue weighted by atomic mass is 19.4. The number of carbonyl (C=O) groups is 1. The number of hydrogen-bond acceptors (Lipinski definition) is 9. The van der Waals surface area contributed by atoms with E-state index in [1.807, 2.05) is 18.2 Å². The van der Waals surface area contributed by atoms with Crippen LogP contribution in [0.25, 0.3) is 11.3 Å². The predicted octanol–water partition coefficient (Wildman–Crippen LogP) is 5.33. The Bertz CT molecular complexity index is 1550. The Morgan fingerprint density at radius 3 is 2.51 bits per heavy atom. The maximum atomic E-state index is 12.4. The minimum Gasteiger partial charge on any atom is -0.489 e. The molecule has 3 aliphatic rings. The number of hydrogen-bond donors (Lipinski definition) is 2. The van der Waals surface area contributed by atoms with Crippen LogP contribution in [0.1, 0.15) is 42.4 Å². The fraction of sp³-hybridized carbons (Fsp3) is 0.500. The summed E-state index contributed by atoms with van der Waals surface area (Å²) < 4.78 is 53.2. The number of aliphatic carboxylic acids is 1. The molecule has 252 valence electrons. The number of carboxylic acids is 1. The molecule has 2 heterocycles. The van der Waals surface area contributed by atoms with Crippen LogP contribution in [0, 0.1) is 11.8 Å². The fourth-order valence-electron chi connectivity index (χ4n) is 6.81.